The third-order valence-corrected chi connectivity index (χ3v) is 6.04. The van der Waals surface area contributed by atoms with Crippen LogP contribution in [0.5, 0.6) is 0 Å². The highest BCUT2D eigenvalue weighted by atomic mass is 16.4. The summed E-state index contributed by atoms with van der Waals surface area (Å²) in [7, 11) is 0. The average molecular weight is 488 g/mol. The van der Waals surface area contributed by atoms with Crippen LogP contribution in [0.1, 0.15) is 66.6 Å². The molecule has 11 nitrogen and oxygen atoms in total. The lowest BCUT2D eigenvalue weighted by Crippen LogP contribution is -2.30. The number of aryl methyl sites for hydroxylation is 1. The minimum Gasteiger partial charge on any atom is -0.416 e. The van der Waals surface area contributed by atoms with Gasteiger partial charge in [0.1, 0.15) is 0 Å². The van der Waals surface area contributed by atoms with E-state index in [9.17, 15) is 4.79 Å². The number of aromatic nitrogens is 6. The minimum atomic E-state index is -0.374. The number of aromatic amines is 1. The van der Waals surface area contributed by atoms with Crippen LogP contribution in [0.3, 0.4) is 0 Å². The molecule has 0 radical (unpaired) electrons. The zero-order valence-corrected chi connectivity index (χ0v) is 20.7. The van der Waals surface area contributed by atoms with Gasteiger partial charge in [-0.2, -0.15) is 5.10 Å². The van der Waals surface area contributed by atoms with E-state index in [1.807, 2.05) is 45.9 Å². The van der Waals surface area contributed by atoms with Crippen LogP contribution in [-0.4, -0.2) is 42.8 Å². The first-order valence-corrected chi connectivity index (χ1v) is 11.9. The van der Waals surface area contributed by atoms with E-state index in [0.29, 0.717) is 18.4 Å². The Labute approximate surface area is 208 Å². The van der Waals surface area contributed by atoms with Gasteiger partial charge in [-0.3, -0.25) is 9.89 Å². The van der Waals surface area contributed by atoms with Gasteiger partial charge in [0.25, 0.3) is 0 Å². The number of nitrogens with zero attached hydrogens (tertiary/aromatic N) is 5. The van der Waals surface area contributed by atoms with Gasteiger partial charge >= 0.3 is 11.8 Å². The van der Waals surface area contributed by atoms with Gasteiger partial charge in [0.2, 0.25) is 11.8 Å². The van der Waals surface area contributed by atoms with Crippen LogP contribution < -0.4 is 16.0 Å². The fourth-order valence-electron chi connectivity index (χ4n) is 4.06. The Morgan fingerprint density at radius 1 is 1.19 bits per heavy atom. The summed E-state index contributed by atoms with van der Waals surface area (Å²) < 4.78 is 5.63. The van der Waals surface area contributed by atoms with Crippen molar-refractivity contribution in [3.8, 4) is 11.3 Å². The van der Waals surface area contributed by atoms with E-state index in [0.717, 1.165) is 46.7 Å². The van der Waals surface area contributed by atoms with Gasteiger partial charge < -0.3 is 20.4 Å². The molecule has 186 valence electrons. The van der Waals surface area contributed by atoms with Gasteiger partial charge in [0.05, 0.1) is 23.1 Å². The molecule has 0 fully saturated rings. The Morgan fingerprint density at radius 3 is 2.81 bits per heavy atom. The normalized spacial score (nSPS) is 15.7. The summed E-state index contributed by atoms with van der Waals surface area (Å²) in [5.41, 5.74) is 5.24. The lowest BCUT2D eigenvalue weighted by atomic mass is 9.96. The molecule has 1 atom stereocenters. The number of hydrogen-bond donors (Lipinski definition) is 4. The topological polar surface area (TPSA) is 147 Å². The number of anilines is 2. The molecule has 1 amide bonds. The van der Waals surface area contributed by atoms with Crippen LogP contribution in [0, 0.1) is 6.92 Å². The monoisotopic (exact) mass is 487 g/mol. The zero-order valence-electron chi connectivity index (χ0n) is 20.7. The van der Waals surface area contributed by atoms with Crippen molar-refractivity contribution >= 4 is 17.5 Å². The van der Waals surface area contributed by atoms with Crippen molar-refractivity contribution in [1.82, 2.24) is 41.0 Å². The Kier molecular flexibility index (Phi) is 6.23. The fraction of sp³-hybridized carbons (Fsp3) is 0.360. The summed E-state index contributed by atoms with van der Waals surface area (Å²) in [6, 6.07) is 7.86. The molecule has 3 aromatic heterocycles. The maximum Gasteiger partial charge on any atom is 0.309 e. The van der Waals surface area contributed by atoms with Crippen molar-refractivity contribution in [2.75, 3.05) is 11.9 Å². The third-order valence-electron chi connectivity index (χ3n) is 6.04. The Hall–Kier alpha value is -4.12. The molecule has 0 bridgehead atoms. The predicted octanol–water partition coefficient (Wildman–Crippen LogP) is 3.56. The summed E-state index contributed by atoms with van der Waals surface area (Å²) in [5.74, 6) is 0.524. The molecular weight excluding hydrogens is 458 g/mol. The Balaban J connectivity index is 1.37. The van der Waals surface area contributed by atoms with Crippen molar-refractivity contribution in [2.45, 2.75) is 52.1 Å². The number of rotatable bonds is 5. The third kappa shape index (κ3) is 4.96. The van der Waals surface area contributed by atoms with Crippen LogP contribution in [0.15, 0.2) is 41.1 Å². The zero-order chi connectivity index (χ0) is 25.3. The van der Waals surface area contributed by atoms with Gasteiger partial charge in [0.15, 0.2) is 0 Å². The highest BCUT2D eigenvalue weighted by Gasteiger charge is 2.27. The summed E-state index contributed by atoms with van der Waals surface area (Å²) in [6.07, 6.45) is 4.24. The summed E-state index contributed by atoms with van der Waals surface area (Å²) in [5, 5.41) is 24.6. The van der Waals surface area contributed by atoms with Crippen LogP contribution in [0.4, 0.5) is 11.6 Å². The molecule has 1 aromatic carbocycles. The maximum absolute atomic E-state index is 12.9. The molecule has 1 aliphatic rings. The highest BCUT2D eigenvalue weighted by molar-refractivity contribution is 5.89. The van der Waals surface area contributed by atoms with E-state index in [-0.39, 0.29) is 23.3 Å². The predicted molar refractivity (Wildman–Crippen MR) is 134 cm³/mol. The molecule has 5 rings (SSSR count). The lowest BCUT2D eigenvalue weighted by molar-refractivity contribution is 0.0896. The summed E-state index contributed by atoms with van der Waals surface area (Å²) in [6.45, 7) is 9.23. The van der Waals surface area contributed by atoms with Crippen molar-refractivity contribution in [1.29, 1.82) is 0 Å². The number of nitrogens with one attached hydrogen (secondary N) is 4. The second kappa shape index (κ2) is 9.50. The summed E-state index contributed by atoms with van der Waals surface area (Å²) >= 11 is 0. The van der Waals surface area contributed by atoms with E-state index in [2.05, 4.69) is 52.4 Å². The van der Waals surface area contributed by atoms with Crippen LogP contribution in [-0.2, 0) is 12.0 Å². The molecular formula is C25H29N9O2. The quantitative estimate of drug-likeness (QED) is 0.332. The van der Waals surface area contributed by atoms with E-state index in [1.165, 1.54) is 0 Å². The van der Waals surface area contributed by atoms with Crippen LogP contribution in [0.2, 0.25) is 0 Å². The second-order valence-corrected chi connectivity index (χ2v) is 9.84. The molecule has 4 heterocycles. The lowest BCUT2D eigenvalue weighted by Gasteiger charge is -2.19. The first-order valence-electron chi connectivity index (χ1n) is 11.9. The number of carbonyl (C=O) groups excluding carboxylic acids is 1. The van der Waals surface area contributed by atoms with E-state index >= 15 is 0 Å². The van der Waals surface area contributed by atoms with Crippen LogP contribution in [0.25, 0.3) is 11.3 Å². The second-order valence-electron chi connectivity index (χ2n) is 9.84. The van der Waals surface area contributed by atoms with Crippen molar-refractivity contribution < 1.29 is 9.21 Å². The molecule has 0 saturated carbocycles. The maximum atomic E-state index is 12.9. The standard InChI is InChI=1S/C25H29N9O2/c1-14-20(13-28-32-14)31-24-27-10-8-18(30-24)15-5-6-17-16(11-15)12-26-9-7-19(17)29-21(35)22-33-34-23(36-22)25(2,3)4/h5-6,8,10-11,13,19,26H,7,9,12H2,1-4H3,(H,28,32)(H,29,35)(H,27,30,31)/t19-/m1/s1. The van der Waals surface area contributed by atoms with Crippen LogP contribution >= 0.6 is 0 Å². The number of H-pyrrole nitrogens is 1. The summed E-state index contributed by atoms with van der Waals surface area (Å²) in [4.78, 5) is 21.9. The number of hydrogen-bond acceptors (Lipinski definition) is 9. The van der Waals surface area contributed by atoms with Crippen molar-refractivity contribution in [3.63, 3.8) is 0 Å². The molecule has 11 heteroatoms. The van der Waals surface area contributed by atoms with Crippen molar-refractivity contribution in [2.24, 2.45) is 0 Å². The molecule has 0 saturated heterocycles. The van der Waals surface area contributed by atoms with Gasteiger partial charge in [-0.25, -0.2) is 9.97 Å². The molecule has 4 aromatic rings. The van der Waals surface area contributed by atoms with Gasteiger partial charge in [-0.15, -0.1) is 10.2 Å². The smallest absolute Gasteiger partial charge is 0.309 e. The van der Waals surface area contributed by atoms with E-state index < -0.39 is 0 Å². The van der Waals surface area contributed by atoms with E-state index in [4.69, 9.17) is 4.42 Å². The number of amides is 1. The van der Waals surface area contributed by atoms with Gasteiger partial charge in [0, 0.05) is 29.9 Å². The highest BCUT2D eigenvalue weighted by Crippen LogP contribution is 2.29. The fourth-order valence-corrected chi connectivity index (χ4v) is 4.06. The molecule has 0 spiro atoms. The molecule has 36 heavy (non-hydrogen) atoms. The minimum absolute atomic E-state index is 0.0239. The molecule has 0 aliphatic carbocycles. The number of fused-ring (bicyclic) bond motifs is 1. The molecule has 1 aliphatic heterocycles. The number of benzene rings is 1. The Morgan fingerprint density at radius 2 is 2.06 bits per heavy atom. The molecule has 4 N–H and O–H groups in total. The first-order chi connectivity index (χ1) is 17.3. The SMILES string of the molecule is Cc1n[nH]cc1Nc1nccc(-c2ccc3c(c2)CNCC[C@H]3NC(=O)c2nnc(C(C)(C)C)o2)n1. The first kappa shape index (κ1) is 23.6. The van der Waals surface area contributed by atoms with E-state index in [1.54, 1.807) is 12.4 Å². The number of carbonyl (C=O) groups is 1. The van der Waals surface area contributed by atoms with Crippen molar-refractivity contribution in [3.05, 3.63) is 65.3 Å². The molecule has 0 unspecified atom stereocenters. The van der Waals surface area contributed by atoms with Gasteiger partial charge in [-0.05, 0) is 43.1 Å². The Bertz CT molecular complexity index is 1390. The van der Waals surface area contributed by atoms with Gasteiger partial charge in [-0.1, -0.05) is 32.9 Å². The average Bonchev–Trinajstić information content (AvgIpc) is 3.46. The largest absolute Gasteiger partial charge is 0.416 e.